The smallest absolute Gasteiger partial charge is 0.436 e. The van der Waals surface area contributed by atoms with E-state index in [0.717, 1.165) is 0 Å². The fourth-order valence-electron chi connectivity index (χ4n) is 0.797. The molecule has 0 aliphatic heterocycles. The molecule has 0 aromatic heterocycles. The van der Waals surface area contributed by atoms with Crippen LogP contribution in [0.4, 0.5) is 4.79 Å². The number of benzene rings is 1. The number of nitrogens with zero attached hydrogens (tertiary/aromatic N) is 1. The lowest BCUT2D eigenvalue weighted by Crippen LogP contribution is -2.15. The van der Waals surface area contributed by atoms with Crippen LogP contribution >= 0.6 is 11.6 Å². The molecular formula is C9H9ClN2O3. The van der Waals surface area contributed by atoms with Crippen LogP contribution in [0.3, 0.4) is 0 Å². The molecule has 0 atom stereocenters. The summed E-state index contributed by atoms with van der Waals surface area (Å²) in [6.45, 7) is 0. The van der Waals surface area contributed by atoms with Gasteiger partial charge in [-0.05, 0) is 24.3 Å². The van der Waals surface area contributed by atoms with Crippen molar-refractivity contribution in [3.63, 3.8) is 0 Å². The normalized spacial score (nSPS) is 10.9. The van der Waals surface area contributed by atoms with Crippen molar-refractivity contribution in [2.45, 2.75) is 0 Å². The molecular weight excluding hydrogens is 220 g/mol. The molecule has 0 saturated carbocycles. The highest BCUT2D eigenvalue weighted by Gasteiger charge is 2.02. The number of ether oxygens (including phenoxy) is 1. The van der Waals surface area contributed by atoms with E-state index in [-0.39, 0.29) is 5.84 Å². The topological polar surface area (TPSA) is 73.9 Å². The zero-order valence-electron chi connectivity index (χ0n) is 7.94. The Morgan fingerprint density at radius 2 is 2.00 bits per heavy atom. The fourth-order valence-corrected chi connectivity index (χ4v) is 0.923. The third kappa shape index (κ3) is 3.47. The lowest BCUT2D eigenvalue weighted by Gasteiger charge is -1.99. The SMILES string of the molecule is COC(=O)O/N=C(\N)c1ccc(Cl)cc1. The van der Waals surface area contributed by atoms with Gasteiger partial charge in [0.25, 0.3) is 0 Å². The summed E-state index contributed by atoms with van der Waals surface area (Å²) in [6, 6.07) is 6.61. The molecule has 80 valence electrons. The molecule has 2 N–H and O–H groups in total. The number of hydrogen-bond donors (Lipinski definition) is 1. The van der Waals surface area contributed by atoms with Crippen LogP contribution < -0.4 is 5.73 Å². The van der Waals surface area contributed by atoms with Gasteiger partial charge in [0, 0.05) is 10.6 Å². The van der Waals surface area contributed by atoms with Gasteiger partial charge in [0.1, 0.15) is 0 Å². The molecule has 0 bridgehead atoms. The number of methoxy groups -OCH3 is 1. The Hall–Kier alpha value is -1.75. The summed E-state index contributed by atoms with van der Waals surface area (Å²) in [5.41, 5.74) is 6.12. The number of nitrogens with two attached hydrogens (primary N) is 1. The van der Waals surface area contributed by atoms with E-state index in [9.17, 15) is 4.79 Å². The van der Waals surface area contributed by atoms with Gasteiger partial charge < -0.3 is 10.5 Å². The van der Waals surface area contributed by atoms with Crippen molar-refractivity contribution in [1.29, 1.82) is 0 Å². The molecule has 0 saturated heterocycles. The van der Waals surface area contributed by atoms with Crippen LogP contribution in [0.2, 0.25) is 5.02 Å². The van der Waals surface area contributed by atoms with Gasteiger partial charge >= 0.3 is 6.16 Å². The lowest BCUT2D eigenvalue weighted by atomic mass is 10.2. The van der Waals surface area contributed by atoms with Gasteiger partial charge in [-0.25, -0.2) is 4.79 Å². The van der Waals surface area contributed by atoms with Gasteiger partial charge in [-0.15, -0.1) is 0 Å². The second-order valence-corrected chi connectivity index (χ2v) is 2.97. The van der Waals surface area contributed by atoms with E-state index in [2.05, 4.69) is 14.7 Å². The van der Waals surface area contributed by atoms with Crippen molar-refractivity contribution >= 4 is 23.6 Å². The Kier molecular flexibility index (Phi) is 3.93. The predicted octanol–water partition coefficient (Wildman–Crippen LogP) is 1.74. The summed E-state index contributed by atoms with van der Waals surface area (Å²) in [7, 11) is 1.18. The maximum atomic E-state index is 10.6. The molecule has 1 rings (SSSR count). The van der Waals surface area contributed by atoms with E-state index in [4.69, 9.17) is 17.3 Å². The maximum Gasteiger partial charge on any atom is 0.534 e. The number of halogens is 1. The highest BCUT2D eigenvalue weighted by atomic mass is 35.5. The van der Waals surface area contributed by atoms with Crippen LogP contribution in [-0.4, -0.2) is 19.1 Å². The van der Waals surface area contributed by atoms with E-state index in [1.807, 2.05) is 0 Å². The van der Waals surface area contributed by atoms with Crippen LogP contribution in [0.1, 0.15) is 5.56 Å². The van der Waals surface area contributed by atoms with Crippen molar-refractivity contribution in [3.05, 3.63) is 34.9 Å². The van der Waals surface area contributed by atoms with E-state index < -0.39 is 6.16 Å². The zero-order chi connectivity index (χ0) is 11.3. The van der Waals surface area contributed by atoms with Crippen molar-refractivity contribution in [1.82, 2.24) is 0 Å². The summed E-state index contributed by atoms with van der Waals surface area (Å²) in [4.78, 5) is 14.9. The monoisotopic (exact) mass is 228 g/mol. The molecule has 0 radical (unpaired) electrons. The number of carbonyl (C=O) groups excluding carboxylic acids is 1. The second kappa shape index (κ2) is 5.21. The molecule has 5 nitrogen and oxygen atoms in total. The van der Waals surface area contributed by atoms with Crippen LogP contribution in [-0.2, 0) is 9.57 Å². The molecule has 0 spiro atoms. The quantitative estimate of drug-likeness (QED) is 0.275. The molecule has 6 heteroatoms. The summed E-state index contributed by atoms with van der Waals surface area (Å²) < 4.78 is 4.21. The summed E-state index contributed by atoms with van der Waals surface area (Å²) in [6.07, 6.45) is -0.924. The first-order valence-electron chi connectivity index (χ1n) is 3.98. The van der Waals surface area contributed by atoms with Gasteiger partial charge in [-0.1, -0.05) is 16.8 Å². The molecule has 0 aliphatic rings. The molecule has 0 aliphatic carbocycles. The van der Waals surface area contributed by atoms with E-state index in [1.54, 1.807) is 24.3 Å². The van der Waals surface area contributed by atoms with Crippen LogP contribution in [0.15, 0.2) is 29.4 Å². The maximum absolute atomic E-state index is 10.6. The largest absolute Gasteiger partial charge is 0.534 e. The van der Waals surface area contributed by atoms with Crippen molar-refractivity contribution in [2.75, 3.05) is 7.11 Å². The Morgan fingerprint density at radius 3 is 2.53 bits per heavy atom. The van der Waals surface area contributed by atoms with Crippen LogP contribution in [0, 0.1) is 0 Å². The third-order valence-electron chi connectivity index (χ3n) is 1.53. The number of carbonyl (C=O) groups is 1. The van der Waals surface area contributed by atoms with Crippen molar-refractivity contribution < 1.29 is 14.4 Å². The Bertz CT molecular complexity index is 375. The summed E-state index contributed by atoms with van der Waals surface area (Å²) >= 11 is 5.68. The van der Waals surface area contributed by atoms with Gasteiger partial charge in [0.05, 0.1) is 7.11 Å². The molecule has 1 aromatic carbocycles. The highest BCUT2D eigenvalue weighted by molar-refractivity contribution is 6.30. The molecule has 0 amide bonds. The van der Waals surface area contributed by atoms with Crippen molar-refractivity contribution in [2.24, 2.45) is 10.9 Å². The van der Waals surface area contributed by atoms with E-state index >= 15 is 0 Å². The lowest BCUT2D eigenvalue weighted by molar-refractivity contribution is 0.0753. The third-order valence-corrected chi connectivity index (χ3v) is 1.78. The molecule has 0 heterocycles. The Morgan fingerprint density at radius 1 is 1.40 bits per heavy atom. The molecule has 0 fully saturated rings. The van der Waals surface area contributed by atoms with Crippen molar-refractivity contribution in [3.8, 4) is 0 Å². The predicted molar refractivity (Wildman–Crippen MR) is 55.7 cm³/mol. The first-order chi connectivity index (χ1) is 7.13. The average molecular weight is 229 g/mol. The summed E-state index contributed by atoms with van der Waals surface area (Å²) in [5.74, 6) is 0.0667. The number of rotatable bonds is 2. The first kappa shape index (κ1) is 11.3. The molecule has 0 unspecified atom stereocenters. The van der Waals surface area contributed by atoms with E-state index in [0.29, 0.717) is 10.6 Å². The summed E-state index contributed by atoms with van der Waals surface area (Å²) in [5, 5.41) is 3.96. The minimum Gasteiger partial charge on any atom is -0.436 e. The number of oxime groups is 1. The van der Waals surface area contributed by atoms with Gasteiger partial charge in [0.2, 0.25) is 0 Å². The Balaban J connectivity index is 2.71. The number of amidine groups is 1. The average Bonchev–Trinajstić information content (AvgIpc) is 2.26. The fraction of sp³-hybridized carbons (Fsp3) is 0.111. The Labute approximate surface area is 91.4 Å². The highest BCUT2D eigenvalue weighted by Crippen LogP contribution is 2.09. The van der Waals surface area contributed by atoms with Gasteiger partial charge in [-0.3, -0.25) is 4.84 Å². The second-order valence-electron chi connectivity index (χ2n) is 2.53. The molecule has 15 heavy (non-hydrogen) atoms. The zero-order valence-corrected chi connectivity index (χ0v) is 8.69. The minimum atomic E-state index is -0.924. The van der Waals surface area contributed by atoms with Gasteiger partial charge in [-0.2, -0.15) is 0 Å². The number of hydrogen-bond acceptors (Lipinski definition) is 4. The van der Waals surface area contributed by atoms with Gasteiger partial charge in [0.15, 0.2) is 5.84 Å². The molecule has 1 aromatic rings. The van der Waals surface area contributed by atoms with Crippen LogP contribution in [0.25, 0.3) is 0 Å². The van der Waals surface area contributed by atoms with E-state index in [1.165, 1.54) is 7.11 Å². The van der Waals surface area contributed by atoms with Crippen LogP contribution in [0.5, 0.6) is 0 Å². The first-order valence-corrected chi connectivity index (χ1v) is 4.35. The minimum absolute atomic E-state index is 0.0667. The standard InChI is InChI=1S/C9H9ClN2O3/c1-14-9(13)15-12-8(11)6-2-4-7(10)5-3-6/h2-5H,1H3,(H2,11,12).